The molecule has 1 aromatic carbocycles. The number of hydrogen-bond acceptors (Lipinski definition) is 5. The van der Waals surface area contributed by atoms with Gasteiger partial charge in [-0.15, -0.1) is 0 Å². The van der Waals surface area contributed by atoms with Crippen LogP contribution in [0.25, 0.3) is 0 Å². The Kier molecular flexibility index (Phi) is 6.91. The minimum atomic E-state index is -0.0759. The molecular formula is C25H27N5OS. The summed E-state index contributed by atoms with van der Waals surface area (Å²) in [6, 6.07) is 14.4. The Bertz CT molecular complexity index is 1160. The van der Waals surface area contributed by atoms with E-state index < -0.39 is 0 Å². The second kappa shape index (κ2) is 10.0. The molecule has 2 aromatic heterocycles. The predicted molar refractivity (Wildman–Crippen MR) is 125 cm³/mol. The lowest BCUT2D eigenvalue weighted by Crippen LogP contribution is -2.25. The van der Waals surface area contributed by atoms with E-state index in [0.29, 0.717) is 23.7 Å². The van der Waals surface area contributed by atoms with Gasteiger partial charge in [0.05, 0.1) is 23.6 Å². The Hall–Kier alpha value is -3.11. The minimum absolute atomic E-state index is 0.0759. The van der Waals surface area contributed by atoms with Crippen molar-refractivity contribution in [1.82, 2.24) is 20.1 Å². The van der Waals surface area contributed by atoms with Crippen LogP contribution in [0, 0.1) is 25.2 Å². The fourth-order valence-corrected chi connectivity index (χ4v) is 4.88. The Morgan fingerprint density at radius 1 is 1.22 bits per heavy atom. The molecule has 7 heteroatoms. The molecule has 0 saturated carbocycles. The van der Waals surface area contributed by atoms with Crippen LogP contribution < -0.4 is 5.32 Å². The van der Waals surface area contributed by atoms with Crippen molar-refractivity contribution in [3.05, 3.63) is 75.7 Å². The van der Waals surface area contributed by atoms with Crippen LogP contribution in [0.15, 0.2) is 41.4 Å². The quantitative estimate of drug-likeness (QED) is 0.554. The third-order valence-electron chi connectivity index (χ3n) is 5.90. The first-order valence-corrected chi connectivity index (χ1v) is 11.9. The summed E-state index contributed by atoms with van der Waals surface area (Å²) in [7, 11) is 0. The third-order valence-corrected chi connectivity index (χ3v) is 6.89. The average molecular weight is 446 g/mol. The van der Waals surface area contributed by atoms with Gasteiger partial charge in [0.1, 0.15) is 11.1 Å². The molecule has 0 aliphatic heterocycles. The number of benzene rings is 1. The van der Waals surface area contributed by atoms with Gasteiger partial charge in [0.2, 0.25) is 5.91 Å². The SMILES string of the molecule is Cc1nn(Cc2ccccc2)c(C)c1CNC(=O)CSc1nc2c(cc1C#N)CCCC2. The van der Waals surface area contributed by atoms with E-state index in [0.717, 1.165) is 48.3 Å². The molecule has 164 valence electrons. The van der Waals surface area contributed by atoms with Crippen molar-refractivity contribution >= 4 is 17.7 Å². The van der Waals surface area contributed by atoms with E-state index in [1.54, 1.807) is 0 Å². The average Bonchev–Trinajstić information content (AvgIpc) is 3.08. The van der Waals surface area contributed by atoms with Gasteiger partial charge in [-0.05, 0) is 56.7 Å². The number of rotatable bonds is 7. The van der Waals surface area contributed by atoms with Crippen LogP contribution in [-0.2, 0) is 30.7 Å². The Labute approximate surface area is 193 Å². The van der Waals surface area contributed by atoms with Crippen LogP contribution in [0.4, 0.5) is 0 Å². The zero-order chi connectivity index (χ0) is 22.5. The van der Waals surface area contributed by atoms with E-state index in [1.807, 2.05) is 42.8 Å². The Balaban J connectivity index is 1.36. The van der Waals surface area contributed by atoms with Crippen molar-refractivity contribution in [3.8, 4) is 6.07 Å². The van der Waals surface area contributed by atoms with E-state index in [-0.39, 0.29) is 11.7 Å². The summed E-state index contributed by atoms with van der Waals surface area (Å²) >= 11 is 1.34. The molecule has 1 aliphatic rings. The highest BCUT2D eigenvalue weighted by atomic mass is 32.2. The number of nitriles is 1. The fourth-order valence-electron chi connectivity index (χ4n) is 4.08. The standard InChI is InChI=1S/C25H27N5OS/c1-17-22(18(2)30(29-17)15-19-8-4-3-5-9-19)14-27-24(31)16-32-25-21(13-26)12-20-10-6-7-11-23(20)28-25/h3-5,8-9,12H,6-7,10-11,14-16H2,1-2H3,(H,27,31). The Morgan fingerprint density at radius 2 is 2.00 bits per heavy atom. The summed E-state index contributed by atoms with van der Waals surface area (Å²) in [6.07, 6.45) is 4.22. The molecular weight excluding hydrogens is 418 g/mol. The molecule has 0 atom stereocenters. The van der Waals surface area contributed by atoms with E-state index in [1.165, 1.54) is 22.9 Å². The number of thioether (sulfide) groups is 1. The number of hydrogen-bond donors (Lipinski definition) is 1. The van der Waals surface area contributed by atoms with Crippen LogP contribution in [0.2, 0.25) is 0 Å². The second-order valence-corrected chi connectivity index (χ2v) is 9.09. The number of amides is 1. The van der Waals surface area contributed by atoms with Crippen LogP contribution in [0.3, 0.4) is 0 Å². The largest absolute Gasteiger partial charge is 0.351 e. The van der Waals surface area contributed by atoms with Gasteiger partial charge in [0.25, 0.3) is 0 Å². The number of aryl methyl sites for hydroxylation is 3. The molecule has 3 aromatic rings. The minimum Gasteiger partial charge on any atom is -0.351 e. The van der Waals surface area contributed by atoms with E-state index in [9.17, 15) is 10.1 Å². The summed E-state index contributed by atoms with van der Waals surface area (Å²) in [5, 5.41) is 17.8. The lowest BCUT2D eigenvalue weighted by atomic mass is 9.95. The number of nitrogens with one attached hydrogen (secondary N) is 1. The summed E-state index contributed by atoms with van der Waals surface area (Å²) in [4.78, 5) is 17.2. The summed E-state index contributed by atoms with van der Waals surface area (Å²) in [5.41, 5.74) is 7.05. The first-order chi connectivity index (χ1) is 15.5. The van der Waals surface area contributed by atoms with Crippen molar-refractivity contribution < 1.29 is 4.79 Å². The second-order valence-electron chi connectivity index (χ2n) is 8.12. The number of aromatic nitrogens is 3. The highest BCUT2D eigenvalue weighted by Gasteiger charge is 2.17. The third kappa shape index (κ3) is 5.03. The van der Waals surface area contributed by atoms with Gasteiger partial charge in [-0.3, -0.25) is 9.48 Å². The Morgan fingerprint density at radius 3 is 2.78 bits per heavy atom. The van der Waals surface area contributed by atoms with Gasteiger partial charge < -0.3 is 5.32 Å². The smallest absolute Gasteiger partial charge is 0.230 e. The van der Waals surface area contributed by atoms with E-state index in [4.69, 9.17) is 4.98 Å². The maximum absolute atomic E-state index is 12.5. The monoisotopic (exact) mass is 445 g/mol. The lowest BCUT2D eigenvalue weighted by Gasteiger charge is -2.16. The van der Waals surface area contributed by atoms with Gasteiger partial charge in [-0.25, -0.2) is 4.98 Å². The summed E-state index contributed by atoms with van der Waals surface area (Å²) in [5.74, 6) is 0.157. The van der Waals surface area contributed by atoms with Crippen molar-refractivity contribution in [2.75, 3.05) is 5.75 Å². The van der Waals surface area contributed by atoms with Crippen LogP contribution >= 0.6 is 11.8 Å². The molecule has 0 fully saturated rings. The first-order valence-electron chi connectivity index (χ1n) is 10.9. The number of nitrogens with zero attached hydrogens (tertiary/aromatic N) is 4. The maximum atomic E-state index is 12.5. The molecule has 1 amide bonds. The fraction of sp³-hybridized carbons (Fsp3) is 0.360. The highest BCUT2D eigenvalue weighted by Crippen LogP contribution is 2.27. The summed E-state index contributed by atoms with van der Waals surface area (Å²) < 4.78 is 1.98. The van der Waals surface area contributed by atoms with Gasteiger partial charge >= 0.3 is 0 Å². The normalized spacial score (nSPS) is 12.8. The zero-order valence-corrected chi connectivity index (χ0v) is 19.3. The molecule has 0 bridgehead atoms. The predicted octanol–water partition coefficient (Wildman–Crippen LogP) is 4.10. The number of carbonyl (C=O) groups is 1. The molecule has 6 nitrogen and oxygen atoms in total. The molecule has 0 spiro atoms. The molecule has 2 heterocycles. The molecule has 0 unspecified atom stereocenters. The van der Waals surface area contributed by atoms with E-state index >= 15 is 0 Å². The maximum Gasteiger partial charge on any atom is 0.230 e. The molecule has 0 saturated heterocycles. The first kappa shape index (κ1) is 22.1. The summed E-state index contributed by atoms with van der Waals surface area (Å²) in [6.45, 7) is 5.16. The number of fused-ring (bicyclic) bond motifs is 1. The molecule has 0 radical (unpaired) electrons. The number of carbonyl (C=O) groups excluding carboxylic acids is 1. The van der Waals surface area contributed by atoms with Crippen LogP contribution in [0.1, 0.15) is 52.2 Å². The van der Waals surface area contributed by atoms with Crippen molar-refractivity contribution in [3.63, 3.8) is 0 Å². The van der Waals surface area contributed by atoms with Crippen molar-refractivity contribution in [2.45, 2.75) is 57.6 Å². The molecule has 1 N–H and O–H groups in total. The van der Waals surface area contributed by atoms with Gasteiger partial charge in [-0.2, -0.15) is 10.4 Å². The van der Waals surface area contributed by atoms with Gasteiger partial charge in [-0.1, -0.05) is 42.1 Å². The lowest BCUT2D eigenvalue weighted by molar-refractivity contribution is -0.118. The highest BCUT2D eigenvalue weighted by molar-refractivity contribution is 8.00. The molecule has 32 heavy (non-hydrogen) atoms. The van der Waals surface area contributed by atoms with Gasteiger partial charge in [0.15, 0.2) is 0 Å². The van der Waals surface area contributed by atoms with Crippen molar-refractivity contribution in [1.29, 1.82) is 5.26 Å². The van der Waals surface area contributed by atoms with E-state index in [2.05, 4.69) is 28.6 Å². The molecule has 4 rings (SSSR count). The van der Waals surface area contributed by atoms with Gasteiger partial charge in [0, 0.05) is 23.5 Å². The van der Waals surface area contributed by atoms with Crippen molar-refractivity contribution in [2.24, 2.45) is 0 Å². The molecule has 1 aliphatic carbocycles. The van der Waals surface area contributed by atoms with Crippen LogP contribution in [0.5, 0.6) is 0 Å². The number of pyridine rings is 1. The van der Waals surface area contributed by atoms with Crippen LogP contribution in [-0.4, -0.2) is 26.4 Å². The zero-order valence-electron chi connectivity index (χ0n) is 18.5. The topological polar surface area (TPSA) is 83.6 Å².